The molecule has 0 aliphatic carbocycles. The standard InChI is InChI=1S/C17H26FN5O2S/c1-26(24,25)23-7-6-14(13-23)12-20-17(19)22-10-8-21(9-11-22)16-4-2-15(18)3-5-16/h2-5,14H,6-13H2,1H3,(H2,19,20). The van der Waals surface area contributed by atoms with Crippen LogP contribution in [0.15, 0.2) is 29.3 Å². The van der Waals surface area contributed by atoms with Gasteiger partial charge in [-0.15, -0.1) is 0 Å². The van der Waals surface area contributed by atoms with Crippen molar-refractivity contribution in [1.29, 1.82) is 0 Å². The number of benzene rings is 1. The van der Waals surface area contributed by atoms with Crippen LogP contribution in [0.1, 0.15) is 6.42 Å². The average Bonchev–Trinajstić information content (AvgIpc) is 3.10. The molecule has 3 rings (SSSR count). The molecule has 1 aromatic carbocycles. The molecule has 2 aliphatic rings. The number of anilines is 1. The van der Waals surface area contributed by atoms with Crippen molar-refractivity contribution in [3.8, 4) is 0 Å². The van der Waals surface area contributed by atoms with E-state index < -0.39 is 10.0 Å². The molecule has 2 fully saturated rings. The molecule has 0 amide bonds. The maximum Gasteiger partial charge on any atom is 0.211 e. The zero-order chi connectivity index (χ0) is 18.7. The summed E-state index contributed by atoms with van der Waals surface area (Å²) in [5.41, 5.74) is 7.13. The second-order valence-electron chi connectivity index (χ2n) is 6.93. The summed E-state index contributed by atoms with van der Waals surface area (Å²) in [5.74, 6) is 0.510. The van der Waals surface area contributed by atoms with Gasteiger partial charge in [0.15, 0.2) is 5.96 Å². The molecule has 1 aromatic rings. The molecule has 1 unspecified atom stereocenters. The summed E-state index contributed by atoms with van der Waals surface area (Å²) in [6.07, 6.45) is 2.07. The second-order valence-corrected chi connectivity index (χ2v) is 8.91. The van der Waals surface area contributed by atoms with E-state index in [1.54, 1.807) is 12.1 Å². The Hall–Kier alpha value is -1.87. The molecular weight excluding hydrogens is 357 g/mol. The van der Waals surface area contributed by atoms with Crippen molar-refractivity contribution in [3.63, 3.8) is 0 Å². The molecule has 2 saturated heterocycles. The van der Waals surface area contributed by atoms with E-state index in [-0.39, 0.29) is 11.7 Å². The van der Waals surface area contributed by atoms with Crippen LogP contribution in [-0.4, -0.2) is 75.7 Å². The van der Waals surface area contributed by atoms with Crippen LogP contribution in [0.25, 0.3) is 0 Å². The van der Waals surface area contributed by atoms with Crippen molar-refractivity contribution in [2.24, 2.45) is 16.6 Å². The first-order valence-corrected chi connectivity index (χ1v) is 10.7. The van der Waals surface area contributed by atoms with E-state index in [2.05, 4.69) is 9.89 Å². The lowest BCUT2D eigenvalue weighted by Gasteiger charge is -2.36. The molecule has 9 heteroatoms. The lowest BCUT2D eigenvalue weighted by molar-refractivity contribution is 0.379. The first-order chi connectivity index (χ1) is 12.3. The summed E-state index contributed by atoms with van der Waals surface area (Å²) >= 11 is 0. The van der Waals surface area contributed by atoms with Crippen LogP contribution in [0.2, 0.25) is 0 Å². The van der Waals surface area contributed by atoms with Crippen LogP contribution in [0.5, 0.6) is 0 Å². The van der Waals surface area contributed by atoms with Gasteiger partial charge < -0.3 is 15.5 Å². The van der Waals surface area contributed by atoms with Gasteiger partial charge in [-0.25, -0.2) is 17.1 Å². The minimum Gasteiger partial charge on any atom is -0.370 e. The van der Waals surface area contributed by atoms with E-state index in [9.17, 15) is 12.8 Å². The van der Waals surface area contributed by atoms with Crippen LogP contribution in [0.4, 0.5) is 10.1 Å². The topological polar surface area (TPSA) is 82.2 Å². The quantitative estimate of drug-likeness (QED) is 0.606. The Kier molecular flexibility index (Phi) is 5.67. The predicted octanol–water partition coefficient (Wildman–Crippen LogP) is 0.544. The van der Waals surface area contributed by atoms with E-state index >= 15 is 0 Å². The van der Waals surface area contributed by atoms with Crippen molar-refractivity contribution < 1.29 is 12.8 Å². The predicted molar refractivity (Wildman–Crippen MR) is 101 cm³/mol. The third-order valence-electron chi connectivity index (χ3n) is 5.02. The SMILES string of the molecule is CS(=O)(=O)N1CCC(CN=C(N)N2CCN(c3ccc(F)cc3)CC2)C1. The lowest BCUT2D eigenvalue weighted by Crippen LogP contribution is -2.51. The van der Waals surface area contributed by atoms with Gasteiger partial charge in [-0.2, -0.15) is 0 Å². The first-order valence-electron chi connectivity index (χ1n) is 8.83. The van der Waals surface area contributed by atoms with Gasteiger partial charge in [-0.3, -0.25) is 4.99 Å². The lowest BCUT2D eigenvalue weighted by atomic mass is 10.1. The van der Waals surface area contributed by atoms with Gasteiger partial charge in [-0.05, 0) is 36.6 Å². The highest BCUT2D eigenvalue weighted by molar-refractivity contribution is 7.88. The summed E-state index contributed by atoms with van der Waals surface area (Å²) in [6.45, 7) is 4.75. The number of aliphatic imine (C=N–C) groups is 1. The molecule has 0 aromatic heterocycles. The highest BCUT2D eigenvalue weighted by Gasteiger charge is 2.28. The highest BCUT2D eigenvalue weighted by atomic mass is 32.2. The Morgan fingerprint density at radius 3 is 2.42 bits per heavy atom. The summed E-state index contributed by atoms with van der Waals surface area (Å²) in [7, 11) is -3.12. The molecule has 26 heavy (non-hydrogen) atoms. The van der Waals surface area contributed by atoms with Crippen LogP contribution in [-0.2, 0) is 10.0 Å². The molecule has 1 atom stereocenters. The molecule has 2 heterocycles. The largest absolute Gasteiger partial charge is 0.370 e. The Morgan fingerprint density at radius 1 is 1.19 bits per heavy atom. The van der Waals surface area contributed by atoms with Crippen molar-refractivity contribution in [2.75, 3.05) is 57.0 Å². The fourth-order valence-electron chi connectivity index (χ4n) is 3.42. The van der Waals surface area contributed by atoms with Crippen molar-refractivity contribution in [3.05, 3.63) is 30.1 Å². The van der Waals surface area contributed by atoms with Gasteiger partial charge in [-0.1, -0.05) is 0 Å². The van der Waals surface area contributed by atoms with E-state index in [0.717, 1.165) is 38.3 Å². The maximum atomic E-state index is 13.0. The normalized spacial score (nSPS) is 22.8. The number of hydrogen-bond donors (Lipinski definition) is 1. The average molecular weight is 383 g/mol. The Labute approximate surface area is 154 Å². The fourth-order valence-corrected chi connectivity index (χ4v) is 4.33. The molecule has 2 aliphatic heterocycles. The van der Waals surface area contributed by atoms with Crippen molar-refractivity contribution >= 4 is 21.7 Å². The number of rotatable bonds is 4. The minimum absolute atomic E-state index is 0.226. The minimum atomic E-state index is -3.12. The van der Waals surface area contributed by atoms with Gasteiger partial charge in [0.05, 0.1) is 6.26 Å². The number of guanidine groups is 1. The molecular formula is C17H26FN5O2S. The van der Waals surface area contributed by atoms with Gasteiger partial charge >= 0.3 is 0 Å². The number of halogens is 1. The molecule has 7 nitrogen and oxygen atoms in total. The summed E-state index contributed by atoms with van der Waals surface area (Å²) in [6, 6.07) is 6.52. The Morgan fingerprint density at radius 2 is 1.85 bits per heavy atom. The molecule has 0 saturated carbocycles. The van der Waals surface area contributed by atoms with Crippen molar-refractivity contribution in [1.82, 2.24) is 9.21 Å². The van der Waals surface area contributed by atoms with Crippen LogP contribution >= 0.6 is 0 Å². The van der Waals surface area contributed by atoms with E-state index in [0.29, 0.717) is 25.6 Å². The van der Waals surface area contributed by atoms with Gasteiger partial charge in [0.25, 0.3) is 0 Å². The zero-order valence-electron chi connectivity index (χ0n) is 15.0. The third kappa shape index (κ3) is 4.64. The number of piperazine rings is 1. The smallest absolute Gasteiger partial charge is 0.211 e. The number of nitrogens with two attached hydrogens (primary N) is 1. The monoisotopic (exact) mass is 383 g/mol. The van der Waals surface area contributed by atoms with Crippen molar-refractivity contribution in [2.45, 2.75) is 6.42 Å². The van der Waals surface area contributed by atoms with Gasteiger partial charge in [0.2, 0.25) is 10.0 Å². The second kappa shape index (κ2) is 7.79. The fraction of sp³-hybridized carbons (Fsp3) is 0.588. The maximum absolute atomic E-state index is 13.0. The van der Waals surface area contributed by atoms with Crippen LogP contribution < -0.4 is 10.6 Å². The van der Waals surface area contributed by atoms with Crippen LogP contribution in [0.3, 0.4) is 0 Å². The van der Waals surface area contributed by atoms with Gasteiger partial charge in [0.1, 0.15) is 5.82 Å². The van der Waals surface area contributed by atoms with E-state index in [1.165, 1.54) is 22.7 Å². The summed E-state index contributed by atoms with van der Waals surface area (Å²) < 4.78 is 37.7. The molecule has 144 valence electrons. The van der Waals surface area contributed by atoms with E-state index in [4.69, 9.17) is 5.73 Å². The number of sulfonamides is 1. The summed E-state index contributed by atoms with van der Waals surface area (Å²) in [4.78, 5) is 8.73. The van der Waals surface area contributed by atoms with Gasteiger partial charge in [0, 0.05) is 51.5 Å². The van der Waals surface area contributed by atoms with E-state index in [1.807, 2.05) is 4.90 Å². The molecule has 0 radical (unpaired) electrons. The molecule has 2 N–H and O–H groups in total. The number of hydrogen-bond acceptors (Lipinski definition) is 4. The third-order valence-corrected chi connectivity index (χ3v) is 6.29. The first kappa shape index (κ1) is 18.9. The molecule has 0 spiro atoms. The van der Waals surface area contributed by atoms with Crippen LogP contribution in [0, 0.1) is 11.7 Å². The summed E-state index contributed by atoms with van der Waals surface area (Å²) in [5, 5.41) is 0. The highest BCUT2D eigenvalue weighted by Crippen LogP contribution is 2.19. The Balaban J connectivity index is 1.48. The Bertz CT molecular complexity index is 745. The molecule has 0 bridgehead atoms. The number of nitrogens with zero attached hydrogens (tertiary/aromatic N) is 4. The zero-order valence-corrected chi connectivity index (χ0v) is 15.8.